The van der Waals surface area contributed by atoms with Gasteiger partial charge >= 0.3 is 0 Å². The number of nitrogens with zero attached hydrogens (tertiary/aromatic N) is 1. The molecule has 0 fully saturated rings. The van der Waals surface area contributed by atoms with Crippen molar-refractivity contribution in [2.24, 2.45) is 0 Å². The second-order valence-corrected chi connectivity index (χ2v) is 2.26. The third kappa shape index (κ3) is 4.53. The largest absolute Gasteiger partial charge is 0.396 e. The number of aliphatic hydroxyl groups excluding tert-OH is 1. The Labute approximate surface area is 63.2 Å². The summed E-state index contributed by atoms with van der Waals surface area (Å²) < 4.78 is 0. The first-order valence-corrected chi connectivity index (χ1v) is 3.79. The van der Waals surface area contributed by atoms with Crippen LogP contribution in [0.15, 0.2) is 12.7 Å². The van der Waals surface area contributed by atoms with Crippen LogP contribution in [0.4, 0.5) is 0 Å². The molecule has 0 heterocycles. The Morgan fingerprint density at radius 2 is 2.30 bits per heavy atom. The Morgan fingerprint density at radius 1 is 1.60 bits per heavy atom. The standard InChI is InChI=1S/C8H17NO/c1-3-6-9(4-2)7-5-8-10/h3,10H,1,4-8H2,2H3. The molecule has 0 amide bonds. The van der Waals surface area contributed by atoms with Crippen LogP contribution in [0.3, 0.4) is 0 Å². The van der Waals surface area contributed by atoms with Gasteiger partial charge in [-0.25, -0.2) is 0 Å². The molecule has 0 unspecified atom stereocenters. The number of aliphatic hydroxyl groups is 1. The minimum absolute atomic E-state index is 0.285. The number of hydrogen-bond donors (Lipinski definition) is 1. The Kier molecular flexibility index (Phi) is 6.55. The summed E-state index contributed by atoms with van der Waals surface area (Å²) in [6.45, 7) is 8.98. The van der Waals surface area contributed by atoms with Crippen molar-refractivity contribution in [3.63, 3.8) is 0 Å². The average Bonchev–Trinajstić information content (AvgIpc) is 1.98. The van der Waals surface area contributed by atoms with Crippen molar-refractivity contribution >= 4 is 0 Å². The van der Waals surface area contributed by atoms with Crippen molar-refractivity contribution in [1.29, 1.82) is 0 Å². The van der Waals surface area contributed by atoms with Gasteiger partial charge in [-0.3, -0.25) is 4.90 Å². The molecular weight excluding hydrogens is 126 g/mol. The van der Waals surface area contributed by atoms with Crippen LogP contribution >= 0.6 is 0 Å². The van der Waals surface area contributed by atoms with E-state index in [2.05, 4.69) is 18.4 Å². The molecule has 0 aliphatic carbocycles. The summed E-state index contributed by atoms with van der Waals surface area (Å²) in [5.41, 5.74) is 0. The zero-order valence-corrected chi connectivity index (χ0v) is 6.71. The van der Waals surface area contributed by atoms with Gasteiger partial charge in [0.15, 0.2) is 0 Å². The Balaban J connectivity index is 3.29. The molecule has 0 aromatic carbocycles. The second-order valence-electron chi connectivity index (χ2n) is 2.26. The SMILES string of the molecule is C=CCN(CC)CCCO. The molecule has 0 atom stereocenters. The zero-order chi connectivity index (χ0) is 7.82. The molecule has 10 heavy (non-hydrogen) atoms. The number of hydrogen-bond acceptors (Lipinski definition) is 2. The monoisotopic (exact) mass is 143 g/mol. The van der Waals surface area contributed by atoms with Gasteiger partial charge in [-0.15, -0.1) is 6.58 Å². The molecule has 0 saturated heterocycles. The van der Waals surface area contributed by atoms with Crippen molar-refractivity contribution < 1.29 is 5.11 Å². The minimum Gasteiger partial charge on any atom is -0.396 e. The van der Waals surface area contributed by atoms with E-state index in [9.17, 15) is 0 Å². The highest BCUT2D eigenvalue weighted by Gasteiger charge is 1.96. The molecule has 2 nitrogen and oxygen atoms in total. The topological polar surface area (TPSA) is 23.5 Å². The van der Waals surface area contributed by atoms with Gasteiger partial charge in [0.1, 0.15) is 0 Å². The maximum absolute atomic E-state index is 8.53. The number of rotatable bonds is 6. The lowest BCUT2D eigenvalue weighted by Crippen LogP contribution is -2.25. The molecule has 0 rings (SSSR count). The molecule has 1 N–H and O–H groups in total. The highest BCUT2D eigenvalue weighted by atomic mass is 16.3. The van der Waals surface area contributed by atoms with E-state index in [0.29, 0.717) is 0 Å². The van der Waals surface area contributed by atoms with E-state index in [1.54, 1.807) is 0 Å². The van der Waals surface area contributed by atoms with Crippen LogP contribution in [0.5, 0.6) is 0 Å². The molecule has 60 valence electrons. The lowest BCUT2D eigenvalue weighted by atomic mass is 10.4. The molecule has 0 aromatic heterocycles. The fourth-order valence-corrected chi connectivity index (χ4v) is 0.855. The summed E-state index contributed by atoms with van der Waals surface area (Å²) in [6, 6.07) is 0. The summed E-state index contributed by atoms with van der Waals surface area (Å²) in [5, 5.41) is 8.53. The Bertz CT molecular complexity index is 83.3. The second kappa shape index (κ2) is 6.78. The van der Waals surface area contributed by atoms with E-state index in [0.717, 1.165) is 26.1 Å². The van der Waals surface area contributed by atoms with Crippen LogP contribution in [-0.4, -0.2) is 36.2 Å². The van der Waals surface area contributed by atoms with Crippen molar-refractivity contribution in [3.05, 3.63) is 12.7 Å². The van der Waals surface area contributed by atoms with Crippen molar-refractivity contribution in [3.8, 4) is 0 Å². The smallest absolute Gasteiger partial charge is 0.0443 e. The van der Waals surface area contributed by atoms with E-state index in [1.807, 2.05) is 6.08 Å². The lowest BCUT2D eigenvalue weighted by Gasteiger charge is -2.16. The van der Waals surface area contributed by atoms with Crippen LogP contribution in [0, 0.1) is 0 Å². The van der Waals surface area contributed by atoms with Gasteiger partial charge in [0.2, 0.25) is 0 Å². The number of likely N-dealkylation sites (N-methyl/N-ethyl adjacent to an activating group) is 1. The lowest BCUT2D eigenvalue weighted by molar-refractivity contribution is 0.242. The van der Waals surface area contributed by atoms with Crippen LogP contribution < -0.4 is 0 Å². The van der Waals surface area contributed by atoms with E-state index in [-0.39, 0.29) is 6.61 Å². The molecule has 0 saturated carbocycles. The molecule has 0 radical (unpaired) electrons. The summed E-state index contributed by atoms with van der Waals surface area (Å²) in [4.78, 5) is 2.24. The van der Waals surface area contributed by atoms with Gasteiger partial charge < -0.3 is 5.11 Å². The minimum atomic E-state index is 0.285. The van der Waals surface area contributed by atoms with E-state index in [1.165, 1.54) is 0 Å². The predicted octanol–water partition coefficient (Wildman–Crippen LogP) is 0.877. The Morgan fingerprint density at radius 3 is 2.70 bits per heavy atom. The normalized spacial score (nSPS) is 10.3. The maximum Gasteiger partial charge on any atom is 0.0443 e. The molecule has 2 heteroatoms. The highest BCUT2D eigenvalue weighted by molar-refractivity contribution is 4.72. The summed E-state index contributed by atoms with van der Waals surface area (Å²) in [7, 11) is 0. The van der Waals surface area contributed by atoms with Crippen molar-refractivity contribution in [2.75, 3.05) is 26.2 Å². The van der Waals surface area contributed by atoms with E-state index < -0.39 is 0 Å². The van der Waals surface area contributed by atoms with Crippen LogP contribution in [-0.2, 0) is 0 Å². The van der Waals surface area contributed by atoms with E-state index >= 15 is 0 Å². The van der Waals surface area contributed by atoms with Crippen LogP contribution in [0.2, 0.25) is 0 Å². The predicted molar refractivity (Wildman–Crippen MR) is 44.0 cm³/mol. The van der Waals surface area contributed by atoms with Gasteiger partial charge in [0.05, 0.1) is 0 Å². The fourth-order valence-electron chi connectivity index (χ4n) is 0.855. The molecule has 0 bridgehead atoms. The van der Waals surface area contributed by atoms with Crippen LogP contribution in [0.25, 0.3) is 0 Å². The molecular formula is C8H17NO. The third-order valence-corrected chi connectivity index (χ3v) is 1.47. The van der Waals surface area contributed by atoms with Crippen LogP contribution in [0.1, 0.15) is 13.3 Å². The Hall–Kier alpha value is -0.340. The van der Waals surface area contributed by atoms with Gasteiger partial charge in [0, 0.05) is 19.7 Å². The van der Waals surface area contributed by atoms with Crippen molar-refractivity contribution in [1.82, 2.24) is 4.90 Å². The van der Waals surface area contributed by atoms with E-state index in [4.69, 9.17) is 5.11 Å². The first kappa shape index (κ1) is 9.66. The molecule has 0 spiro atoms. The first-order valence-electron chi connectivity index (χ1n) is 3.79. The van der Waals surface area contributed by atoms with Crippen molar-refractivity contribution in [2.45, 2.75) is 13.3 Å². The average molecular weight is 143 g/mol. The maximum atomic E-state index is 8.53. The highest BCUT2D eigenvalue weighted by Crippen LogP contribution is 1.89. The van der Waals surface area contributed by atoms with Gasteiger partial charge in [-0.2, -0.15) is 0 Å². The zero-order valence-electron chi connectivity index (χ0n) is 6.71. The summed E-state index contributed by atoms with van der Waals surface area (Å²) in [6.07, 6.45) is 2.75. The third-order valence-electron chi connectivity index (χ3n) is 1.47. The van der Waals surface area contributed by atoms with Gasteiger partial charge in [-0.1, -0.05) is 13.0 Å². The van der Waals surface area contributed by atoms with Gasteiger partial charge in [0.25, 0.3) is 0 Å². The quantitative estimate of drug-likeness (QED) is 0.558. The summed E-state index contributed by atoms with van der Waals surface area (Å²) >= 11 is 0. The van der Waals surface area contributed by atoms with Gasteiger partial charge in [-0.05, 0) is 13.0 Å². The molecule has 0 aliphatic heterocycles. The summed E-state index contributed by atoms with van der Waals surface area (Å²) in [5.74, 6) is 0. The fraction of sp³-hybridized carbons (Fsp3) is 0.750. The molecule has 0 aliphatic rings. The first-order chi connectivity index (χ1) is 4.85. The molecule has 0 aromatic rings.